The van der Waals surface area contributed by atoms with E-state index in [2.05, 4.69) is 20.0 Å². The molecule has 2 unspecified atom stereocenters. The predicted octanol–water partition coefficient (Wildman–Crippen LogP) is 1.62. The number of esters is 1. The number of carbonyl (C=O) groups is 1. The Kier molecular flexibility index (Phi) is 8.13. The third-order valence-corrected chi connectivity index (χ3v) is 7.11. The maximum atomic E-state index is 13.6. The number of anilines is 1. The van der Waals surface area contributed by atoms with Crippen molar-refractivity contribution in [3.63, 3.8) is 0 Å². The molecule has 206 valence electrons. The molecular formula is C22H28FN6O8P. The van der Waals surface area contributed by atoms with Gasteiger partial charge in [-0.05, 0) is 45.0 Å². The van der Waals surface area contributed by atoms with Crippen molar-refractivity contribution in [3.8, 4) is 5.75 Å². The van der Waals surface area contributed by atoms with Crippen LogP contribution in [0.3, 0.4) is 0 Å². The summed E-state index contributed by atoms with van der Waals surface area (Å²) in [7, 11) is -4.28. The summed E-state index contributed by atoms with van der Waals surface area (Å²) in [5, 5.41) is 13.1. The average Bonchev–Trinajstić information content (AvgIpc) is 3.42. The number of hydrogen-bond donors (Lipinski definition) is 4. The standard InChI is InChI=1S/C22H28FN6O8P/c1-11(2)35-21(32)12(3)28-38(33,37-14-6-4-13(23)5-7-14)34-9-16-15(30)8-17(36-16)29-10-25-18-19(29)26-22(24)27-20(18)31/h4-7,10-12,15-17,30H,8-9H2,1-3H3,(H,28,33)(H3,24,26,27,31)/t12-,15?,16+,17+,38?/m0/s1. The monoisotopic (exact) mass is 554 g/mol. The summed E-state index contributed by atoms with van der Waals surface area (Å²) in [4.78, 5) is 34.8. The number of nitrogens with two attached hydrogens (primary N) is 1. The minimum Gasteiger partial charge on any atom is -0.462 e. The first-order valence-corrected chi connectivity index (χ1v) is 13.2. The molecule has 16 heteroatoms. The zero-order valence-electron chi connectivity index (χ0n) is 20.7. The van der Waals surface area contributed by atoms with Crippen LogP contribution in [0.1, 0.15) is 33.4 Å². The van der Waals surface area contributed by atoms with Crippen molar-refractivity contribution in [2.24, 2.45) is 0 Å². The van der Waals surface area contributed by atoms with Crippen LogP contribution in [0.5, 0.6) is 5.75 Å². The molecule has 1 aliphatic rings. The van der Waals surface area contributed by atoms with Crippen LogP contribution in [-0.4, -0.2) is 61.6 Å². The van der Waals surface area contributed by atoms with E-state index >= 15 is 0 Å². The van der Waals surface area contributed by atoms with Crippen LogP contribution >= 0.6 is 7.75 Å². The molecule has 0 spiro atoms. The van der Waals surface area contributed by atoms with Gasteiger partial charge in [-0.3, -0.25) is 23.7 Å². The van der Waals surface area contributed by atoms with Gasteiger partial charge in [-0.15, -0.1) is 0 Å². The number of H-pyrrole nitrogens is 1. The minimum atomic E-state index is -4.28. The molecule has 4 rings (SSSR count). The van der Waals surface area contributed by atoms with Gasteiger partial charge in [0.05, 0.1) is 25.1 Å². The van der Waals surface area contributed by atoms with Gasteiger partial charge in [-0.25, -0.2) is 13.9 Å². The Hall–Kier alpha value is -3.36. The lowest BCUT2D eigenvalue weighted by Crippen LogP contribution is -2.37. The number of aromatic nitrogens is 4. The van der Waals surface area contributed by atoms with Gasteiger partial charge in [-0.2, -0.15) is 10.1 Å². The fourth-order valence-corrected chi connectivity index (χ4v) is 5.21. The molecule has 0 radical (unpaired) electrons. The highest BCUT2D eigenvalue weighted by Gasteiger charge is 2.40. The first-order valence-electron chi connectivity index (χ1n) is 11.7. The smallest absolute Gasteiger partial charge is 0.459 e. The van der Waals surface area contributed by atoms with Crippen LogP contribution < -0.4 is 20.9 Å². The maximum Gasteiger partial charge on any atom is 0.459 e. The number of halogens is 1. The number of aliphatic hydroxyl groups excluding tert-OH is 1. The van der Waals surface area contributed by atoms with Crippen molar-refractivity contribution >= 4 is 30.8 Å². The van der Waals surface area contributed by atoms with Crippen LogP contribution in [0.15, 0.2) is 35.4 Å². The van der Waals surface area contributed by atoms with E-state index in [4.69, 9.17) is 24.3 Å². The molecule has 1 saturated heterocycles. The van der Waals surface area contributed by atoms with Crippen molar-refractivity contribution in [2.75, 3.05) is 12.3 Å². The number of nitrogens with one attached hydrogen (secondary N) is 2. The third-order valence-electron chi connectivity index (χ3n) is 5.47. The van der Waals surface area contributed by atoms with Crippen LogP contribution in [0.25, 0.3) is 11.2 Å². The zero-order chi connectivity index (χ0) is 27.6. The summed E-state index contributed by atoms with van der Waals surface area (Å²) in [5.41, 5.74) is 5.31. The van der Waals surface area contributed by atoms with E-state index < -0.39 is 62.3 Å². The predicted molar refractivity (Wildman–Crippen MR) is 132 cm³/mol. The SMILES string of the molecule is CC(C)OC(=O)[C@H](C)NP(=O)(OC[C@H]1O[C@@H](n2cnc3c(=O)[nH]c(N)nc32)CC1O)Oc1ccc(F)cc1. The van der Waals surface area contributed by atoms with Gasteiger partial charge in [0, 0.05) is 6.42 Å². The second-order valence-electron chi connectivity index (χ2n) is 8.88. The summed E-state index contributed by atoms with van der Waals surface area (Å²) >= 11 is 0. The number of nitrogens with zero attached hydrogens (tertiary/aromatic N) is 3. The number of imidazole rings is 1. The number of hydrogen-bond acceptors (Lipinski definition) is 11. The highest BCUT2D eigenvalue weighted by Crippen LogP contribution is 2.46. The summed E-state index contributed by atoms with van der Waals surface area (Å²) in [6.45, 7) is 4.32. The highest BCUT2D eigenvalue weighted by molar-refractivity contribution is 7.52. The van der Waals surface area contributed by atoms with Crippen molar-refractivity contribution in [2.45, 2.75) is 57.8 Å². The molecule has 0 aliphatic carbocycles. The van der Waals surface area contributed by atoms with Crippen LogP contribution in [0, 0.1) is 5.82 Å². The molecule has 5 atom stereocenters. The highest BCUT2D eigenvalue weighted by atomic mass is 31.2. The van der Waals surface area contributed by atoms with Crippen molar-refractivity contribution in [1.82, 2.24) is 24.6 Å². The third kappa shape index (κ3) is 6.37. The summed E-state index contributed by atoms with van der Waals surface area (Å²) in [6, 6.07) is 3.59. The molecule has 3 heterocycles. The Bertz CT molecular complexity index is 1400. The van der Waals surface area contributed by atoms with E-state index in [-0.39, 0.29) is 29.3 Å². The summed E-state index contributed by atoms with van der Waals surface area (Å²) in [6.07, 6.45) is -1.85. The Morgan fingerprint density at radius 1 is 1.37 bits per heavy atom. The van der Waals surface area contributed by atoms with E-state index in [0.29, 0.717) is 0 Å². The first-order chi connectivity index (χ1) is 17.9. The molecule has 1 aliphatic heterocycles. The van der Waals surface area contributed by atoms with Gasteiger partial charge in [0.2, 0.25) is 5.95 Å². The molecule has 1 fully saturated rings. The molecule has 1 aromatic carbocycles. The van der Waals surface area contributed by atoms with Gasteiger partial charge in [-0.1, -0.05) is 0 Å². The second kappa shape index (κ2) is 11.2. The number of fused-ring (bicyclic) bond motifs is 1. The normalized spacial score (nSPS) is 21.9. The van der Waals surface area contributed by atoms with E-state index in [1.165, 1.54) is 30.0 Å². The first kappa shape index (κ1) is 27.7. The lowest BCUT2D eigenvalue weighted by Gasteiger charge is -2.25. The minimum absolute atomic E-state index is 0.0104. The number of aliphatic hydroxyl groups is 1. The molecular weight excluding hydrogens is 526 g/mol. The second-order valence-corrected chi connectivity index (χ2v) is 10.6. The van der Waals surface area contributed by atoms with E-state index in [0.717, 1.165) is 12.1 Å². The van der Waals surface area contributed by atoms with Crippen molar-refractivity contribution in [1.29, 1.82) is 0 Å². The maximum absolute atomic E-state index is 13.6. The van der Waals surface area contributed by atoms with Gasteiger partial charge in [0.25, 0.3) is 5.56 Å². The number of carbonyl (C=O) groups excluding carboxylic acids is 1. The Morgan fingerprint density at radius 2 is 2.08 bits per heavy atom. The Morgan fingerprint density at radius 3 is 2.76 bits per heavy atom. The van der Waals surface area contributed by atoms with Crippen LogP contribution in [0.2, 0.25) is 0 Å². The largest absolute Gasteiger partial charge is 0.462 e. The van der Waals surface area contributed by atoms with Gasteiger partial charge >= 0.3 is 13.7 Å². The fourth-order valence-electron chi connectivity index (χ4n) is 3.71. The fraction of sp³-hybridized carbons (Fsp3) is 0.455. The lowest BCUT2D eigenvalue weighted by atomic mass is 10.2. The molecule has 0 bridgehead atoms. The molecule has 0 saturated carbocycles. The molecule has 14 nitrogen and oxygen atoms in total. The number of nitrogen functional groups attached to an aromatic ring is 1. The number of aromatic amines is 1. The number of ether oxygens (including phenoxy) is 2. The van der Waals surface area contributed by atoms with Crippen LogP contribution in [-0.2, 0) is 23.4 Å². The summed E-state index contributed by atoms with van der Waals surface area (Å²) < 4.78 is 50.5. The summed E-state index contributed by atoms with van der Waals surface area (Å²) in [5.74, 6) is -1.33. The van der Waals surface area contributed by atoms with E-state index in [1.807, 2.05) is 0 Å². The van der Waals surface area contributed by atoms with E-state index in [1.54, 1.807) is 13.8 Å². The van der Waals surface area contributed by atoms with Gasteiger partial charge in [0.15, 0.2) is 11.2 Å². The molecule has 3 aromatic rings. The van der Waals surface area contributed by atoms with Crippen molar-refractivity contribution in [3.05, 3.63) is 46.8 Å². The molecule has 2 aromatic heterocycles. The number of benzene rings is 1. The molecule has 0 amide bonds. The lowest BCUT2D eigenvalue weighted by molar-refractivity contribution is -0.149. The van der Waals surface area contributed by atoms with Crippen molar-refractivity contribution < 1.29 is 37.4 Å². The number of rotatable bonds is 10. The van der Waals surface area contributed by atoms with Gasteiger partial charge < -0.3 is 24.8 Å². The zero-order valence-corrected chi connectivity index (χ0v) is 21.6. The van der Waals surface area contributed by atoms with Crippen LogP contribution in [0.4, 0.5) is 10.3 Å². The molecule has 38 heavy (non-hydrogen) atoms. The Balaban J connectivity index is 1.49. The topological polar surface area (TPSA) is 193 Å². The average molecular weight is 554 g/mol. The van der Waals surface area contributed by atoms with Gasteiger partial charge in [0.1, 0.15) is 29.9 Å². The Labute approximate surface area is 215 Å². The molecule has 5 N–H and O–H groups in total. The van der Waals surface area contributed by atoms with E-state index in [9.17, 15) is 23.7 Å². The quantitative estimate of drug-likeness (QED) is 0.209.